The van der Waals surface area contributed by atoms with Gasteiger partial charge in [0.05, 0.1) is 16.2 Å². The van der Waals surface area contributed by atoms with Gasteiger partial charge < -0.3 is 10.5 Å². The highest BCUT2D eigenvalue weighted by molar-refractivity contribution is 9.10. The number of H-pyrrole nitrogens is 1. The Morgan fingerprint density at radius 2 is 2.00 bits per heavy atom. The van der Waals surface area contributed by atoms with E-state index < -0.39 is 0 Å². The normalized spacial score (nSPS) is 10.9. The van der Waals surface area contributed by atoms with Crippen LogP contribution in [-0.4, -0.2) is 20.2 Å². The number of fused-ring (bicyclic) bond motifs is 1. The highest BCUT2D eigenvalue weighted by atomic mass is 79.9. The summed E-state index contributed by atoms with van der Waals surface area (Å²) in [7, 11) is 0. The van der Waals surface area contributed by atoms with Crippen molar-refractivity contribution in [1.29, 1.82) is 0 Å². The summed E-state index contributed by atoms with van der Waals surface area (Å²) in [5.41, 5.74) is 6.09. The average Bonchev–Trinajstić information content (AvgIpc) is 2.84. The van der Waals surface area contributed by atoms with Crippen molar-refractivity contribution < 1.29 is 4.74 Å². The Bertz CT molecular complexity index is 807. The molecule has 0 spiro atoms. The summed E-state index contributed by atoms with van der Waals surface area (Å²) in [4.78, 5) is 8.03. The molecule has 2 heterocycles. The quantitative estimate of drug-likeness (QED) is 0.666. The average molecular weight is 375 g/mol. The third-order valence-corrected chi connectivity index (χ3v) is 3.97. The van der Waals surface area contributed by atoms with Crippen molar-refractivity contribution in [3.8, 4) is 11.6 Å². The minimum Gasteiger partial charge on any atom is -0.436 e. The smallest absolute Gasteiger partial charge is 0.235 e. The number of aromatic nitrogens is 4. The van der Waals surface area contributed by atoms with Gasteiger partial charge in [0.25, 0.3) is 0 Å². The summed E-state index contributed by atoms with van der Waals surface area (Å²) in [6.45, 7) is 0. The highest BCUT2D eigenvalue weighted by Crippen LogP contribution is 2.37. The van der Waals surface area contributed by atoms with E-state index in [0.717, 1.165) is 0 Å². The van der Waals surface area contributed by atoms with Crippen LogP contribution < -0.4 is 10.5 Å². The molecule has 0 radical (unpaired) electrons. The van der Waals surface area contributed by atoms with Crippen LogP contribution in [0.3, 0.4) is 0 Å². The zero-order valence-electron chi connectivity index (χ0n) is 9.69. The molecular formula is C11H6BrCl2N5O. The van der Waals surface area contributed by atoms with Gasteiger partial charge in [-0.3, -0.25) is 5.10 Å². The molecule has 3 aromatic rings. The zero-order valence-corrected chi connectivity index (χ0v) is 12.8. The molecule has 0 amide bonds. The molecule has 0 aliphatic carbocycles. The first kappa shape index (κ1) is 13.4. The van der Waals surface area contributed by atoms with E-state index in [9.17, 15) is 0 Å². The lowest BCUT2D eigenvalue weighted by molar-refractivity contribution is 0.469. The minimum atomic E-state index is 0.0658. The number of benzene rings is 1. The van der Waals surface area contributed by atoms with E-state index in [1.807, 2.05) is 0 Å². The molecule has 0 atom stereocenters. The Hall–Kier alpha value is -1.57. The summed E-state index contributed by atoms with van der Waals surface area (Å²) in [5.74, 6) is 0.679. The number of anilines is 1. The number of hydrogen-bond acceptors (Lipinski definition) is 5. The molecule has 0 unspecified atom stereocenters. The molecule has 0 saturated carbocycles. The van der Waals surface area contributed by atoms with Crippen molar-refractivity contribution in [2.45, 2.75) is 0 Å². The fourth-order valence-corrected chi connectivity index (χ4v) is 2.42. The van der Waals surface area contributed by atoms with E-state index in [4.69, 9.17) is 33.7 Å². The van der Waals surface area contributed by atoms with Crippen molar-refractivity contribution in [2.75, 3.05) is 5.73 Å². The molecule has 1 aromatic carbocycles. The van der Waals surface area contributed by atoms with Gasteiger partial charge >= 0.3 is 0 Å². The van der Waals surface area contributed by atoms with Gasteiger partial charge in [0.2, 0.25) is 11.8 Å². The van der Waals surface area contributed by atoms with Crippen molar-refractivity contribution in [1.82, 2.24) is 20.2 Å². The molecule has 0 bridgehead atoms. The van der Waals surface area contributed by atoms with E-state index >= 15 is 0 Å². The van der Waals surface area contributed by atoms with Gasteiger partial charge in [0, 0.05) is 10.5 Å². The number of nitrogen functional groups attached to an aromatic ring is 1. The predicted octanol–water partition coefficient (Wildman–Crippen LogP) is 3.80. The molecule has 0 aliphatic rings. The van der Waals surface area contributed by atoms with Crippen molar-refractivity contribution in [3.63, 3.8) is 0 Å². The first-order valence-corrected chi connectivity index (χ1v) is 6.88. The lowest BCUT2D eigenvalue weighted by Crippen LogP contribution is -1.98. The van der Waals surface area contributed by atoms with Crippen LogP contribution >= 0.6 is 39.1 Å². The molecular weight excluding hydrogens is 369 g/mol. The number of halogens is 3. The maximum Gasteiger partial charge on any atom is 0.235 e. The molecule has 0 saturated heterocycles. The number of nitrogens with one attached hydrogen (secondary N) is 1. The van der Waals surface area contributed by atoms with Crippen LogP contribution in [0.2, 0.25) is 10.0 Å². The van der Waals surface area contributed by atoms with Crippen molar-refractivity contribution in [3.05, 3.63) is 32.8 Å². The summed E-state index contributed by atoms with van der Waals surface area (Å²) >= 11 is 15.4. The number of nitrogens with two attached hydrogens (primary N) is 1. The lowest BCUT2D eigenvalue weighted by atomic mass is 10.3. The minimum absolute atomic E-state index is 0.0658. The molecule has 0 aliphatic heterocycles. The van der Waals surface area contributed by atoms with Crippen molar-refractivity contribution >= 4 is 56.1 Å². The second-order valence-corrected chi connectivity index (χ2v) is 5.49. The van der Waals surface area contributed by atoms with E-state index in [1.165, 1.54) is 0 Å². The zero-order chi connectivity index (χ0) is 14.3. The Kier molecular flexibility index (Phi) is 3.41. The van der Waals surface area contributed by atoms with Crippen molar-refractivity contribution in [2.24, 2.45) is 0 Å². The van der Waals surface area contributed by atoms with Crippen LogP contribution in [0, 0.1) is 0 Å². The Morgan fingerprint density at radius 3 is 2.80 bits per heavy atom. The first-order chi connectivity index (χ1) is 9.54. The number of hydrogen-bond donors (Lipinski definition) is 2. The van der Waals surface area contributed by atoms with Gasteiger partial charge in [-0.25, -0.2) is 0 Å². The second kappa shape index (κ2) is 5.08. The van der Waals surface area contributed by atoms with Gasteiger partial charge in [0.1, 0.15) is 11.1 Å². The number of nitrogens with zero attached hydrogens (tertiary/aromatic N) is 3. The van der Waals surface area contributed by atoms with Crippen LogP contribution in [0.5, 0.6) is 11.6 Å². The fourth-order valence-electron chi connectivity index (χ4n) is 1.59. The molecule has 20 heavy (non-hydrogen) atoms. The maximum absolute atomic E-state index is 6.10. The molecule has 0 fully saturated rings. The summed E-state index contributed by atoms with van der Waals surface area (Å²) in [5, 5.41) is 8.01. The Balaban J connectivity index is 2.09. The lowest BCUT2D eigenvalue weighted by Gasteiger charge is -2.09. The standard InChI is InChI=1S/C11H6BrCl2N5O/c12-5-1-7(14)8(2-6(5)13)20-10-4-3-16-19-9(4)17-11(15)18-10/h1-3H,(H3,15,16,17,18,19). The molecule has 2 aromatic heterocycles. The fraction of sp³-hybridized carbons (Fsp3) is 0. The van der Waals surface area contributed by atoms with E-state index in [-0.39, 0.29) is 11.8 Å². The van der Waals surface area contributed by atoms with Crippen LogP contribution in [0.4, 0.5) is 5.95 Å². The summed E-state index contributed by atoms with van der Waals surface area (Å²) in [6, 6.07) is 3.22. The Morgan fingerprint density at radius 1 is 1.20 bits per heavy atom. The van der Waals surface area contributed by atoms with Crippen LogP contribution in [0.15, 0.2) is 22.8 Å². The van der Waals surface area contributed by atoms with Gasteiger partial charge in [-0.1, -0.05) is 23.2 Å². The number of aromatic amines is 1. The van der Waals surface area contributed by atoms with Gasteiger partial charge in [0.15, 0.2) is 5.65 Å². The van der Waals surface area contributed by atoms with Gasteiger partial charge in [-0.05, 0) is 22.0 Å². The SMILES string of the molecule is Nc1nc(Oc2cc(Cl)c(Br)cc2Cl)c2cn[nH]c2n1. The van der Waals surface area contributed by atoms with E-state index in [2.05, 4.69) is 36.1 Å². The second-order valence-electron chi connectivity index (χ2n) is 3.82. The number of ether oxygens (including phenoxy) is 1. The molecule has 3 N–H and O–H groups in total. The monoisotopic (exact) mass is 373 g/mol. The van der Waals surface area contributed by atoms with Crippen LogP contribution in [-0.2, 0) is 0 Å². The van der Waals surface area contributed by atoms with E-state index in [1.54, 1.807) is 18.3 Å². The maximum atomic E-state index is 6.10. The Labute approximate surface area is 131 Å². The van der Waals surface area contributed by atoms with Crippen LogP contribution in [0.25, 0.3) is 11.0 Å². The molecule has 6 nitrogen and oxygen atoms in total. The predicted molar refractivity (Wildman–Crippen MR) is 80.3 cm³/mol. The molecule has 3 rings (SSSR count). The largest absolute Gasteiger partial charge is 0.436 e. The third-order valence-electron chi connectivity index (χ3n) is 2.47. The number of rotatable bonds is 2. The summed E-state index contributed by atoms with van der Waals surface area (Å²) in [6.07, 6.45) is 1.54. The highest BCUT2D eigenvalue weighted by Gasteiger charge is 2.13. The topological polar surface area (TPSA) is 89.7 Å². The third kappa shape index (κ3) is 2.39. The summed E-state index contributed by atoms with van der Waals surface area (Å²) < 4.78 is 6.34. The van der Waals surface area contributed by atoms with Crippen LogP contribution in [0.1, 0.15) is 0 Å². The molecule has 102 valence electrons. The van der Waals surface area contributed by atoms with E-state index in [0.29, 0.717) is 31.3 Å². The van der Waals surface area contributed by atoms with Gasteiger partial charge in [-0.2, -0.15) is 15.1 Å². The van der Waals surface area contributed by atoms with Gasteiger partial charge in [-0.15, -0.1) is 0 Å². The first-order valence-electron chi connectivity index (χ1n) is 5.33. The molecule has 9 heteroatoms.